The fourth-order valence-electron chi connectivity index (χ4n) is 8.35. The van der Waals surface area contributed by atoms with E-state index in [0.29, 0.717) is 0 Å². The smallest absolute Gasteiger partial charge is 0.0547 e. The minimum Gasteiger partial charge on any atom is -0.309 e. The Bertz CT molecular complexity index is 3170. The van der Waals surface area contributed by atoms with E-state index in [9.17, 15) is 0 Å². The van der Waals surface area contributed by atoms with Gasteiger partial charge in [0, 0.05) is 67.8 Å². The van der Waals surface area contributed by atoms with Gasteiger partial charge in [-0.25, -0.2) is 0 Å². The van der Waals surface area contributed by atoms with Crippen molar-refractivity contribution in [3.05, 3.63) is 188 Å². The summed E-state index contributed by atoms with van der Waals surface area (Å²) >= 11 is 3.82. The second kappa shape index (κ2) is 12.2. The molecule has 0 saturated heterocycles. The predicted molar refractivity (Wildman–Crippen MR) is 233 cm³/mol. The number of thiophene rings is 2. The van der Waals surface area contributed by atoms with Gasteiger partial charge in [-0.3, -0.25) is 0 Å². The highest BCUT2D eigenvalue weighted by atomic mass is 32.1. The molecule has 11 aromatic rings. The van der Waals surface area contributed by atoms with E-state index in [1.54, 1.807) is 0 Å². The van der Waals surface area contributed by atoms with Crippen LogP contribution in [0, 0.1) is 0 Å². The number of benzene rings is 9. The van der Waals surface area contributed by atoms with E-state index >= 15 is 0 Å². The summed E-state index contributed by atoms with van der Waals surface area (Å²) in [4.78, 5) is 2.47. The quantitative estimate of drug-likeness (QED) is 0.172. The third kappa shape index (κ3) is 4.75. The SMILES string of the molecule is c1ccc(-c2cccc3sc4c(-c5cccc6sc7c8ccccc8c(N(c8ccccc8)c8cccc9ccccc89)cc7c56)cccc4c23)cc1. The van der Waals surface area contributed by atoms with Crippen LogP contribution in [0.15, 0.2) is 188 Å². The van der Waals surface area contributed by atoms with Gasteiger partial charge in [0.1, 0.15) is 0 Å². The fourth-order valence-corrected chi connectivity index (χ4v) is 10.8. The van der Waals surface area contributed by atoms with E-state index in [1.807, 2.05) is 22.7 Å². The van der Waals surface area contributed by atoms with Crippen LogP contribution >= 0.6 is 22.7 Å². The first-order valence-corrected chi connectivity index (χ1v) is 19.6. The molecular weight excluding hydrogens is 679 g/mol. The van der Waals surface area contributed by atoms with Gasteiger partial charge in [0.25, 0.3) is 0 Å². The minimum absolute atomic E-state index is 1.14. The molecule has 2 aromatic heterocycles. The molecule has 0 N–H and O–H groups in total. The van der Waals surface area contributed by atoms with Crippen molar-refractivity contribution in [2.45, 2.75) is 0 Å². The Morgan fingerprint density at radius 3 is 1.72 bits per heavy atom. The van der Waals surface area contributed by atoms with Crippen LogP contribution in [-0.2, 0) is 0 Å². The molecule has 0 aliphatic heterocycles. The molecule has 11 rings (SSSR count). The average molecular weight is 710 g/mol. The molecule has 0 spiro atoms. The third-order valence-electron chi connectivity index (χ3n) is 10.6. The number of hydrogen-bond acceptors (Lipinski definition) is 3. The summed E-state index contributed by atoms with van der Waals surface area (Å²) in [6, 6.07) is 68.9. The molecule has 0 radical (unpaired) electrons. The third-order valence-corrected chi connectivity index (χ3v) is 13.0. The molecule has 9 aromatic carbocycles. The predicted octanol–water partition coefficient (Wildman–Crippen LogP) is 15.5. The van der Waals surface area contributed by atoms with Gasteiger partial charge >= 0.3 is 0 Å². The average Bonchev–Trinajstić information content (AvgIpc) is 3.81. The number of rotatable bonds is 5. The summed E-state index contributed by atoms with van der Waals surface area (Å²) < 4.78 is 5.28. The lowest BCUT2D eigenvalue weighted by Crippen LogP contribution is -2.11. The Labute approximate surface area is 315 Å². The molecule has 248 valence electrons. The molecular formula is C50H31NS2. The summed E-state index contributed by atoms with van der Waals surface area (Å²) in [7, 11) is 0. The van der Waals surface area contributed by atoms with E-state index in [4.69, 9.17) is 0 Å². The summed E-state index contributed by atoms with van der Waals surface area (Å²) in [6.07, 6.45) is 0. The second-order valence-electron chi connectivity index (χ2n) is 13.6. The normalized spacial score (nSPS) is 11.8. The molecule has 2 heterocycles. The van der Waals surface area contributed by atoms with Gasteiger partial charge in [-0.05, 0) is 58.5 Å². The lowest BCUT2D eigenvalue weighted by Gasteiger charge is -2.28. The molecule has 1 nitrogen and oxygen atoms in total. The van der Waals surface area contributed by atoms with Gasteiger partial charge in [0.2, 0.25) is 0 Å². The van der Waals surface area contributed by atoms with Gasteiger partial charge < -0.3 is 4.90 Å². The zero-order valence-electron chi connectivity index (χ0n) is 28.7. The van der Waals surface area contributed by atoms with Crippen molar-refractivity contribution in [1.29, 1.82) is 0 Å². The molecule has 0 aliphatic rings. The zero-order valence-corrected chi connectivity index (χ0v) is 30.3. The van der Waals surface area contributed by atoms with Crippen LogP contribution in [0.25, 0.3) is 84.1 Å². The Morgan fingerprint density at radius 2 is 0.906 bits per heavy atom. The maximum atomic E-state index is 2.47. The first-order chi connectivity index (χ1) is 26.3. The van der Waals surface area contributed by atoms with Crippen molar-refractivity contribution in [2.75, 3.05) is 4.90 Å². The Hall–Kier alpha value is -6.26. The topological polar surface area (TPSA) is 3.24 Å². The van der Waals surface area contributed by atoms with Gasteiger partial charge in [-0.15, -0.1) is 22.7 Å². The van der Waals surface area contributed by atoms with E-state index in [-0.39, 0.29) is 0 Å². The largest absolute Gasteiger partial charge is 0.309 e. The first-order valence-electron chi connectivity index (χ1n) is 18.0. The molecule has 0 amide bonds. The number of para-hydroxylation sites is 1. The van der Waals surface area contributed by atoms with Crippen LogP contribution in [0.2, 0.25) is 0 Å². The Morgan fingerprint density at radius 1 is 0.340 bits per heavy atom. The van der Waals surface area contributed by atoms with Crippen LogP contribution in [0.1, 0.15) is 0 Å². The highest BCUT2D eigenvalue weighted by molar-refractivity contribution is 7.27. The maximum absolute atomic E-state index is 2.47. The lowest BCUT2D eigenvalue weighted by molar-refractivity contribution is 1.32. The van der Waals surface area contributed by atoms with Crippen molar-refractivity contribution in [1.82, 2.24) is 0 Å². The van der Waals surface area contributed by atoms with Gasteiger partial charge in [-0.2, -0.15) is 0 Å². The molecule has 0 bridgehead atoms. The second-order valence-corrected chi connectivity index (χ2v) is 15.7. The molecule has 3 heteroatoms. The van der Waals surface area contributed by atoms with Crippen molar-refractivity contribution in [2.24, 2.45) is 0 Å². The molecule has 0 atom stereocenters. The summed E-state index contributed by atoms with van der Waals surface area (Å²) in [6.45, 7) is 0. The van der Waals surface area contributed by atoms with Crippen LogP contribution in [0.4, 0.5) is 17.1 Å². The standard InChI is InChI=1S/C50H31NS2/c1-3-15-33(16-4-1)36-24-13-29-45-47(36)41-27-12-26-40(49(41)52-45)38-25-14-30-46-48(38)42-31-44(37-22-9-10-23-39(37)50(42)53-46)51(34-19-5-2-6-20-34)43-28-11-18-32-17-7-8-21-35(32)43/h1-31H. The zero-order chi connectivity index (χ0) is 34.9. The highest BCUT2D eigenvalue weighted by Crippen LogP contribution is 2.51. The number of fused-ring (bicyclic) bond motifs is 9. The van der Waals surface area contributed by atoms with Gasteiger partial charge in [0.05, 0.1) is 11.4 Å². The van der Waals surface area contributed by atoms with Gasteiger partial charge in [0.15, 0.2) is 0 Å². The summed E-state index contributed by atoms with van der Waals surface area (Å²) in [5.41, 5.74) is 8.60. The maximum Gasteiger partial charge on any atom is 0.0547 e. The monoisotopic (exact) mass is 709 g/mol. The van der Waals surface area contributed by atoms with Crippen LogP contribution in [-0.4, -0.2) is 0 Å². The van der Waals surface area contributed by atoms with Crippen molar-refractivity contribution in [3.63, 3.8) is 0 Å². The van der Waals surface area contributed by atoms with E-state index in [1.165, 1.54) is 95.5 Å². The molecule has 0 saturated carbocycles. The minimum atomic E-state index is 1.14. The van der Waals surface area contributed by atoms with Crippen molar-refractivity contribution < 1.29 is 0 Å². The van der Waals surface area contributed by atoms with Crippen LogP contribution in [0.3, 0.4) is 0 Å². The first kappa shape index (κ1) is 30.4. The molecule has 0 unspecified atom stereocenters. The summed E-state index contributed by atoms with van der Waals surface area (Å²) in [5.74, 6) is 0. The highest BCUT2D eigenvalue weighted by Gasteiger charge is 2.23. The Kier molecular flexibility index (Phi) is 6.97. The molecule has 0 aliphatic carbocycles. The Balaban J connectivity index is 1.22. The molecule has 53 heavy (non-hydrogen) atoms. The van der Waals surface area contributed by atoms with Crippen molar-refractivity contribution in [3.8, 4) is 22.3 Å². The van der Waals surface area contributed by atoms with E-state index < -0.39 is 0 Å². The summed E-state index contributed by atoms with van der Waals surface area (Å²) in [5, 5.41) is 10.2. The van der Waals surface area contributed by atoms with E-state index in [2.05, 4.69) is 193 Å². The van der Waals surface area contributed by atoms with Crippen molar-refractivity contribution >= 4 is 102 Å². The number of anilines is 3. The van der Waals surface area contributed by atoms with Gasteiger partial charge in [-0.1, -0.05) is 152 Å². The van der Waals surface area contributed by atoms with Crippen LogP contribution < -0.4 is 4.90 Å². The molecule has 0 fully saturated rings. The van der Waals surface area contributed by atoms with E-state index in [0.717, 1.165) is 5.69 Å². The fraction of sp³-hybridized carbons (Fsp3) is 0. The van der Waals surface area contributed by atoms with Crippen LogP contribution in [0.5, 0.6) is 0 Å². The number of hydrogen-bond donors (Lipinski definition) is 0. The number of nitrogens with zero attached hydrogens (tertiary/aromatic N) is 1. The lowest BCUT2D eigenvalue weighted by atomic mass is 9.94.